The van der Waals surface area contributed by atoms with Crippen molar-refractivity contribution in [1.29, 1.82) is 0 Å². The molecule has 0 aliphatic rings. The second-order valence-electron chi connectivity index (χ2n) is 13.0. The van der Waals surface area contributed by atoms with Gasteiger partial charge in [-0.1, -0.05) is 60.8 Å². The predicted molar refractivity (Wildman–Crippen MR) is 155 cm³/mol. The molecule has 0 spiro atoms. The van der Waals surface area contributed by atoms with Crippen LogP contribution in [-0.4, -0.2) is 72.0 Å². The van der Waals surface area contributed by atoms with E-state index in [1.54, 1.807) is 13.8 Å². The highest BCUT2D eigenvalue weighted by Crippen LogP contribution is 2.39. The molecule has 0 aromatic carbocycles. The molecule has 234 valence electrons. The number of hydrogen-bond acceptors (Lipinski definition) is 6. The van der Waals surface area contributed by atoms with Crippen molar-refractivity contribution in [3.05, 3.63) is 0 Å². The number of carbonyl (C=O) groups excluding carboxylic acids is 2. The van der Waals surface area contributed by atoms with E-state index >= 15 is 0 Å². The lowest BCUT2D eigenvalue weighted by Gasteiger charge is -2.35. The third kappa shape index (κ3) is 17.5. The summed E-state index contributed by atoms with van der Waals surface area (Å²) in [5.74, 6) is -1.93. The van der Waals surface area contributed by atoms with Crippen LogP contribution < -0.4 is 10.6 Å². The summed E-state index contributed by atoms with van der Waals surface area (Å²) in [5.41, 5.74) is -1.96. The van der Waals surface area contributed by atoms with Crippen LogP contribution in [0.1, 0.15) is 113 Å². The molecule has 0 saturated carbocycles. The van der Waals surface area contributed by atoms with Crippen molar-refractivity contribution < 1.29 is 38.9 Å². The average Bonchev–Trinajstić information content (AvgIpc) is 2.80. The van der Waals surface area contributed by atoms with E-state index in [0.717, 1.165) is 6.42 Å². The highest BCUT2D eigenvalue weighted by Gasteiger charge is 2.39. The van der Waals surface area contributed by atoms with Gasteiger partial charge in [-0.2, -0.15) is 0 Å². The molecule has 4 N–H and O–H groups in total. The van der Waals surface area contributed by atoms with Gasteiger partial charge in [0.25, 0.3) is 0 Å². The van der Waals surface area contributed by atoms with Gasteiger partial charge in [0.2, 0.25) is 11.8 Å². The van der Waals surface area contributed by atoms with E-state index in [4.69, 9.17) is 9.47 Å². The third-order valence-corrected chi connectivity index (χ3v) is 7.23. The molecule has 0 fully saturated rings. The highest BCUT2D eigenvalue weighted by atomic mass is 16.5. The molecule has 0 radical (unpaired) electrons. The lowest BCUT2D eigenvalue weighted by atomic mass is 9.70. The SMILES string of the molecule is CCC(C)(CC(=O)O)CC(C)(C)C(=O)N[C@@H](CCCCC(C)(C)NC(=O)CCOCCOCCC(C)C)C(=O)O. The van der Waals surface area contributed by atoms with E-state index in [1.807, 2.05) is 27.7 Å². The second-order valence-corrected chi connectivity index (χ2v) is 13.0. The maximum atomic E-state index is 13.0. The number of amides is 2. The Balaban J connectivity index is 4.52. The quantitative estimate of drug-likeness (QED) is 0.128. The van der Waals surface area contributed by atoms with E-state index in [0.29, 0.717) is 64.4 Å². The van der Waals surface area contributed by atoms with Crippen molar-refractivity contribution in [3.63, 3.8) is 0 Å². The Kier molecular flexibility index (Phi) is 17.3. The van der Waals surface area contributed by atoms with Crippen molar-refractivity contribution in [2.24, 2.45) is 16.7 Å². The van der Waals surface area contributed by atoms with Crippen LogP contribution in [0.5, 0.6) is 0 Å². The molecule has 1 unspecified atom stereocenters. The molecule has 2 atom stereocenters. The van der Waals surface area contributed by atoms with Crippen LogP contribution in [0.2, 0.25) is 0 Å². The van der Waals surface area contributed by atoms with Gasteiger partial charge < -0.3 is 30.3 Å². The Morgan fingerprint density at radius 1 is 0.850 bits per heavy atom. The first-order chi connectivity index (χ1) is 18.4. The monoisotopic (exact) mass is 572 g/mol. The number of hydrogen-bond donors (Lipinski definition) is 4. The van der Waals surface area contributed by atoms with Gasteiger partial charge in [0.1, 0.15) is 6.04 Å². The smallest absolute Gasteiger partial charge is 0.326 e. The van der Waals surface area contributed by atoms with Crippen LogP contribution in [0, 0.1) is 16.7 Å². The largest absolute Gasteiger partial charge is 0.481 e. The first-order valence-electron chi connectivity index (χ1n) is 14.6. The zero-order valence-electron chi connectivity index (χ0n) is 26.2. The lowest BCUT2D eigenvalue weighted by molar-refractivity contribution is -0.144. The molecule has 0 heterocycles. The van der Waals surface area contributed by atoms with Crippen LogP contribution in [0.3, 0.4) is 0 Å². The van der Waals surface area contributed by atoms with Crippen molar-refractivity contribution >= 4 is 23.8 Å². The van der Waals surface area contributed by atoms with E-state index in [1.165, 1.54) is 0 Å². The number of carboxylic acid groups (broad SMARTS) is 2. The first kappa shape index (κ1) is 37.8. The minimum Gasteiger partial charge on any atom is -0.481 e. The lowest BCUT2D eigenvalue weighted by Crippen LogP contribution is -2.48. The minimum absolute atomic E-state index is 0.0601. The summed E-state index contributed by atoms with van der Waals surface area (Å²) >= 11 is 0. The number of nitrogens with one attached hydrogen (secondary N) is 2. The first-order valence-corrected chi connectivity index (χ1v) is 14.6. The molecule has 0 aromatic heterocycles. The summed E-state index contributed by atoms with van der Waals surface area (Å²) in [6.07, 6.45) is 4.26. The van der Waals surface area contributed by atoms with E-state index in [2.05, 4.69) is 24.5 Å². The summed E-state index contributed by atoms with van der Waals surface area (Å²) < 4.78 is 11.0. The molecule has 10 heteroatoms. The summed E-state index contributed by atoms with van der Waals surface area (Å²) in [5, 5.41) is 24.6. The fourth-order valence-electron chi connectivity index (χ4n) is 4.66. The Morgan fingerprint density at radius 3 is 1.98 bits per heavy atom. The van der Waals surface area contributed by atoms with Gasteiger partial charge in [-0.15, -0.1) is 0 Å². The van der Waals surface area contributed by atoms with Gasteiger partial charge in [-0.05, 0) is 50.9 Å². The third-order valence-electron chi connectivity index (χ3n) is 7.23. The molecule has 10 nitrogen and oxygen atoms in total. The number of carboxylic acids is 2. The van der Waals surface area contributed by atoms with Crippen molar-refractivity contribution in [1.82, 2.24) is 10.6 Å². The Bertz CT molecular complexity index is 797. The standard InChI is InChI=1S/C30H56N2O8/c1-9-30(8,20-25(34)35)21-28(4,5)27(38)31-23(26(36)37)12-10-11-15-29(6,7)32-24(33)14-17-40-19-18-39-16-13-22(2)3/h22-23H,9-21H2,1-8H3,(H,31,38)(H,32,33)(H,34,35)(H,36,37)/t23-,30?/m0/s1. The molecule has 0 aromatic rings. The minimum atomic E-state index is -1.11. The van der Waals surface area contributed by atoms with E-state index in [-0.39, 0.29) is 25.2 Å². The predicted octanol–water partition coefficient (Wildman–Crippen LogP) is 4.79. The summed E-state index contributed by atoms with van der Waals surface area (Å²) in [6.45, 7) is 17.3. The fourth-order valence-corrected chi connectivity index (χ4v) is 4.66. The van der Waals surface area contributed by atoms with Crippen LogP contribution in [-0.2, 0) is 28.7 Å². The fraction of sp³-hybridized carbons (Fsp3) is 0.867. The Hall–Kier alpha value is -2.20. The second kappa shape index (κ2) is 18.3. The summed E-state index contributed by atoms with van der Waals surface area (Å²) in [6, 6.07) is -1.04. The average molecular weight is 573 g/mol. The van der Waals surface area contributed by atoms with Gasteiger partial charge in [-0.3, -0.25) is 14.4 Å². The van der Waals surface area contributed by atoms with Gasteiger partial charge in [-0.25, -0.2) is 4.79 Å². The Labute approximate surface area is 241 Å². The van der Waals surface area contributed by atoms with Crippen molar-refractivity contribution in [3.8, 4) is 0 Å². The van der Waals surface area contributed by atoms with Gasteiger partial charge in [0, 0.05) is 24.0 Å². The molecule has 0 bridgehead atoms. The topological polar surface area (TPSA) is 151 Å². The van der Waals surface area contributed by atoms with Crippen molar-refractivity contribution in [2.45, 2.75) is 125 Å². The zero-order chi connectivity index (χ0) is 31.0. The number of aliphatic carboxylic acids is 2. The molecular formula is C30H56N2O8. The highest BCUT2D eigenvalue weighted by molar-refractivity contribution is 5.87. The Morgan fingerprint density at radius 2 is 1.45 bits per heavy atom. The zero-order valence-corrected chi connectivity index (χ0v) is 26.2. The van der Waals surface area contributed by atoms with Crippen LogP contribution in [0.15, 0.2) is 0 Å². The van der Waals surface area contributed by atoms with Gasteiger partial charge in [0.15, 0.2) is 0 Å². The molecule has 40 heavy (non-hydrogen) atoms. The molecule has 0 aliphatic heterocycles. The molecular weight excluding hydrogens is 516 g/mol. The van der Waals surface area contributed by atoms with Crippen LogP contribution >= 0.6 is 0 Å². The van der Waals surface area contributed by atoms with Crippen LogP contribution in [0.25, 0.3) is 0 Å². The maximum absolute atomic E-state index is 13.0. The number of carbonyl (C=O) groups is 4. The number of ether oxygens (including phenoxy) is 2. The molecule has 0 aliphatic carbocycles. The summed E-state index contributed by atoms with van der Waals surface area (Å²) in [7, 11) is 0. The maximum Gasteiger partial charge on any atom is 0.326 e. The van der Waals surface area contributed by atoms with Gasteiger partial charge >= 0.3 is 11.9 Å². The summed E-state index contributed by atoms with van der Waals surface area (Å²) in [4.78, 5) is 48.4. The normalized spacial score (nSPS) is 14.4. The van der Waals surface area contributed by atoms with E-state index in [9.17, 15) is 29.4 Å². The van der Waals surface area contributed by atoms with Crippen LogP contribution in [0.4, 0.5) is 0 Å². The van der Waals surface area contributed by atoms with Crippen molar-refractivity contribution in [2.75, 3.05) is 26.4 Å². The molecule has 0 saturated heterocycles. The number of rotatable bonds is 23. The number of unbranched alkanes of at least 4 members (excludes halogenated alkanes) is 1. The van der Waals surface area contributed by atoms with E-state index < -0.39 is 40.3 Å². The van der Waals surface area contributed by atoms with Gasteiger partial charge in [0.05, 0.1) is 26.2 Å². The molecule has 0 rings (SSSR count). The molecule has 2 amide bonds.